The minimum absolute atomic E-state index is 0.00159. The Labute approximate surface area is 179 Å². The number of methoxy groups -OCH3 is 1. The average molecular weight is 413 g/mol. The van der Waals surface area contributed by atoms with E-state index in [-0.39, 0.29) is 11.6 Å². The lowest BCUT2D eigenvalue weighted by atomic mass is 10.1. The van der Waals surface area contributed by atoms with Crippen LogP contribution in [0.2, 0.25) is 0 Å². The van der Waals surface area contributed by atoms with Crippen LogP contribution in [0, 0.1) is 17.0 Å². The molecule has 7 nitrogen and oxygen atoms in total. The normalized spacial score (nSPS) is 14.6. The van der Waals surface area contributed by atoms with Crippen molar-refractivity contribution in [2.45, 2.75) is 6.92 Å². The Morgan fingerprint density at radius 3 is 2.32 bits per heavy atom. The number of aryl methyl sites for hydroxylation is 1. The number of ether oxygens (including phenoxy) is 1. The van der Waals surface area contributed by atoms with E-state index in [1.165, 1.54) is 19.2 Å². The summed E-state index contributed by atoms with van der Waals surface area (Å²) in [4.78, 5) is 29.6. The minimum Gasteiger partial charge on any atom is -0.481 e. The van der Waals surface area contributed by atoms with Gasteiger partial charge in [-0.15, -0.1) is 0 Å². The summed E-state index contributed by atoms with van der Waals surface area (Å²) in [7, 11) is 1.53. The monoisotopic (exact) mass is 413 g/mol. The van der Waals surface area contributed by atoms with E-state index in [0.717, 1.165) is 16.8 Å². The number of nitro groups is 1. The van der Waals surface area contributed by atoms with Gasteiger partial charge in [-0.2, -0.15) is 0 Å². The lowest BCUT2D eigenvalue weighted by molar-refractivity contribution is -0.384. The molecule has 0 fully saturated rings. The number of hydrogen-bond acceptors (Lipinski definition) is 5. The third-order valence-corrected chi connectivity index (χ3v) is 4.94. The number of anilines is 1. The first kappa shape index (κ1) is 20.0. The van der Waals surface area contributed by atoms with Crippen molar-refractivity contribution >= 4 is 29.1 Å². The Hall–Kier alpha value is -4.26. The molecule has 0 spiro atoms. The standard InChI is InChI=1S/C24H19N3O4/c1-16-3-7-18(8-4-16)22-14-19(13-17-5-9-20(10-6-17)27(29)30)24(28)26(22)21-11-12-23(31-2)25-15-21/h3-15H,1-2H3/b19-13+. The number of nitrogens with zero attached hydrogens (tertiary/aromatic N) is 3. The second-order valence-corrected chi connectivity index (χ2v) is 7.04. The Bertz CT molecular complexity index is 1200. The molecule has 0 saturated heterocycles. The topological polar surface area (TPSA) is 85.6 Å². The molecule has 0 N–H and O–H groups in total. The van der Waals surface area contributed by atoms with E-state index >= 15 is 0 Å². The molecule has 2 aromatic carbocycles. The van der Waals surface area contributed by atoms with Crippen LogP contribution in [0.1, 0.15) is 16.7 Å². The summed E-state index contributed by atoms with van der Waals surface area (Å²) in [5.74, 6) is 0.249. The van der Waals surface area contributed by atoms with Crippen LogP contribution in [-0.2, 0) is 4.79 Å². The zero-order chi connectivity index (χ0) is 22.0. The molecule has 0 radical (unpaired) electrons. The van der Waals surface area contributed by atoms with Gasteiger partial charge < -0.3 is 4.74 Å². The van der Waals surface area contributed by atoms with Crippen molar-refractivity contribution in [3.63, 3.8) is 0 Å². The van der Waals surface area contributed by atoms with Crippen molar-refractivity contribution in [1.29, 1.82) is 0 Å². The van der Waals surface area contributed by atoms with E-state index in [2.05, 4.69) is 4.98 Å². The fourth-order valence-electron chi connectivity index (χ4n) is 3.31. The van der Waals surface area contributed by atoms with Crippen LogP contribution in [-0.4, -0.2) is 22.9 Å². The van der Waals surface area contributed by atoms with Crippen LogP contribution in [0.5, 0.6) is 5.88 Å². The molecular weight excluding hydrogens is 394 g/mol. The maximum atomic E-state index is 13.3. The third kappa shape index (κ3) is 4.06. The number of aromatic nitrogens is 1. The summed E-state index contributed by atoms with van der Waals surface area (Å²) in [6.07, 6.45) is 5.13. The number of pyridine rings is 1. The van der Waals surface area contributed by atoms with Gasteiger partial charge in [0.1, 0.15) is 0 Å². The van der Waals surface area contributed by atoms with Crippen molar-refractivity contribution in [2.24, 2.45) is 0 Å². The molecule has 154 valence electrons. The molecule has 1 amide bonds. The molecular formula is C24H19N3O4. The second-order valence-electron chi connectivity index (χ2n) is 7.04. The number of non-ortho nitro benzene ring substituents is 1. The molecule has 4 rings (SSSR count). The predicted octanol–water partition coefficient (Wildman–Crippen LogP) is 4.78. The third-order valence-electron chi connectivity index (χ3n) is 4.94. The van der Waals surface area contributed by atoms with E-state index in [1.54, 1.807) is 41.4 Å². The number of nitro benzene ring substituents is 1. The molecule has 0 unspecified atom stereocenters. The van der Waals surface area contributed by atoms with Gasteiger partial charge in [0.15, 0.2) is 0 Å². The lowest BCUT2D eigenvalue weighted by Gasteiger charge is -2.20. The Morgan fingerprint density at radius 2 is 1.74 bits per heavy atom. The van der Waals surface area contributed by atoms with Crippen LogP contribution in [0.15, 0.2) is 78.5 Å². The fourth-order valence-corrected chi connectivity index (χ4v) is 3.31. The van der Waals surface area contributed by atoms with Crippen LogP contribution in [0.4, 0.5) is 11.4 Å². The highest BCUT2D eigenvalue weighted by Gasteiger charge is 2.30. The highest BCUT2D eigenvalue weighted by molar-refractivity contribution is 6.23. The Balaban J connectivity index is 1.77. The zero-order valence-electron chi connectivity index (χ0n) is 17.0. The summed E-state index contributed by atoms with van der Waals surface area (Å²) in [5, 5.41) is 10.9. The van der Waals surface area contributed by atoms with Gasteiger partial charge in [-0.1, -0.05) is 29.8 Å². The fraction of sp³-hybridized carbons (Fsp3) is 0.0833. The van der Waals surface area contributed by atoms with Gasteiger partial charge in [-0.3, -0.25) is 19.8 Å². The number of carbonyl (C=O) groups is 1. The molecule has 7 heteroatoms. The molecule has 1 aliphatic heterocycles. The maximum absolute atomic E-state index is 13.3. The Morgan fingerprint density at radius 1 is 1.03 bits per heavy atom. The molecule has 0 saturated carbocycles. The van der Waals surface area contributed by atoms with E-state index in [0.29, 0.717) is 22.7 Å². The first-order valence-corrected chi connectivity index (χ1v) is 9.55. The van der Waals surface area contributed by atoms with Crippen LogP contribution < -0.4 is 9.64 Å². The predicted molar refractivity (Wildman–Crippen MR) is 119 cm³/mol. The molecule has 1 aromatic heterocycles. The van der Waals surface area contributed by atoms with Gasteiger partial charge in [-0.05, 0) is 48.4 Å². The quantitative estimate of drug-likeness (QED) is 0.341. The van der Waals surface area contributed by atoms with Crippen molar-refractivity contribution in [2.75, 3.05) is 12.0 Å². The van der Waals surface area contributed by atoms with Gasteiger partial charge in [0.25, 0.3) is 11.6 Å². The lowest BCUT2D eigenvalue weighted by Crippen LogP contribution is -2.25. The number of amides is 1. The van der Waals surface area contributed by atoms with Crippen molar-refractivity contribution in [1.82, 2.24) is 4.98 Å². The molecule has 0 bridgehead atoms. The van der Waals surface area contributed by atoms with E-state index in [1.807, 2.05) is 37.3 Å². The number of rotatable bonds is 5. The molecule has 2 heterocycles. The molecule has 0 aliphatic carbocycles. The highest BCUT2D eigenvalue weighted by atomic mass is 16.6. The van der Waals surface area contributed by atoms with Crippen molar-refractivity contribution in [3.05, 3.63) is 105 Å². The molecule has 0 atom stereocenters. The van der Waals surface area contributed by atoms with E-state index in [9.17, 15) is 14.9 Å². The van der Waals surface area contributed by atoms with Crippen LogP contribution >= 0.6 is 0 Å². The highest BCUT2D eigenvalue weighted by Crippen LogP contribution is 2.35. The zero-order valence-corrected chi connectivity index (χ0v) is 17.0. The Kier molecular flexibility index (Phi) is 5.32. The van der Waals surface area contributed by atoms with Gasteiger partial charge in [-0.25, -0.2) is 4.98 Å². The van der Waals surface area contributed by atoms with Gasteiger partial charge in [0, 0.05) is 23.8 Å². The molecule has 31 heavy (non-hydrogen) atoms. The van der Waals surface area contributed by atoms with Crippen molar-refractivity contribution in [3.8, 4) is 5.88 Å². The summed E-state index contributed by atoms with van der Waals surface area (Å²) in [6.45, 7) is 2.00. The van der Waals surface area contributed by atoms with Crippen LogP contribution in [0.25, 0.3) is 11.8 Å². The van der Waals surface area contributed by atoms with E-state index < -0.39 is 4.92 Å². The minimum atomic E-state index is -0.453. The second kappa shape index (κ2) is 8.23. The summed E-state index contributed by atoms with van der Waals surface area (Å²) in [5.41, 5.74) is 4.52. The largest absolute Gasteiger partial charge is 0.481 e. The van der Waals surface area contributed by atoms with Crippen molar-refractivity contribution < 1.29 is 14.5 Å². The van der Waals surface area contributed by atoms with E-state index in [4.69, 9.17) is 4.74 Å². The summed E-state index contributed by atoms with van der Waals surface area (Å²) in [6, 6.07) is 17.5. The molecule has 1 aliphatic rings. The average Bonchev–Trinajstić information content (AvgIpc) is 3.10. The number of hydrogen-bond donors (Lipinski definition) is 0. The smallest absolute Gasteiger partial charge is 0.269 e. The first-order chi connectivity index (χ1) is 15.0. The maximum Gasteiger partial charge on any atom is 0.269 e. The summed E-state index contributed by atoms with van der Waals surface area (Å²) < 4.78 is 5.12. The van der Waals surface area contributed by atoms with Gasteiger partial charge >= 0.3 is 0 Å². The number of carbonyl (C=O) groups excluding carboxylic acids is 1. The van der Waals surface area contributed by atoms with Crippen LogP contribution in [0.3, 0.4) is 0 Å². The summed E-state index contributed by atoms with van der Waals surface area (Å²) >= 11 is 0. The molecule has 3 aromatic rings. The van der Waals surface area contributed by atoms with Gasteiger partial charge in [0.2, 0.25) is 5.88 Å². The first-order valence-electron chi connectivity index (χ1n) is 9.55. The number of benzene rings is 2. The van der Waals surface area contributed by atoms with Gasteiger partial charge in [0.05, 0.1) is 29.6 Å². The SMILES string of the molecule is COc1ccc(N2C(=O)/C(=C/c3ccc([N+](=O)[O-])cc3)C=C2c2ccc(C)cc2)cn1.